The van der Waals surface area contributed by atoms with E-state index in [4.69, 9.17) is 4.74 Å². The summed E-state index contributed by atoms with van der Waals surface area (Å²) in [6.45, 7) is 4.60. The molecular weight excluding hydrogens is 456 g/mol. The summed E-state index contributed by atoms with van der Waals surface area (Å²) >= 11 is 0. The number of carbonyl (C=O) groups excluding carboxylic acids is 3. The molecule has 3 amide bonds. The van der Waals surface area contributed by atoms with Gasteiger partial charge in [-0.1, -0.05) is 6.42 Å². The molecule has 2 aromatic rings. The number of piperidine rings is 1. The van der Waals surface area contributed by atoms with Crippen molar-refractivity contribution in [3.05, 3.63) is 58.9 Å². The highest BCUT2D eigenvalue weighted by molar-refractivity contribution is 6.05. The van der Waals surface area contributed by atoms with Gasteiger partial charge in [-0.25, -0.2) is 0 Å². The van der Waals surface area contributed by atoms with Crippen LogP contribution in [0.4, 0.5) is 0 Å². The van der Waals surface area contributed by atoms with Gasteiger partial charge in [0.05, 0.1) is 0 Å². The topological polar surface area (TPSA) is 91.8 Å². The number of amides is 3. The Morgan fingerprint density at radius 2 is 1.89 bits per heavy atom. The number of nitrogens with zero attached hydrogens (tertiary/aromatic N) is 3. The molecule has 3 fully saturated rings. The molecule has 1 N–H and O–H groups in total. The fourth-order valence-corrected chi connectivity index (χ4v) is 6.35. The Balaban J connectivity index is 1.12. The van der Waals surface area contributed by atoms with E-state index in [1.165, 1.54) is 17.5 Å². The first-order valence-corrected chi connectivity index (χ1v) is 13.1. The molecular formula is C28H32N4O4. The average molecular weight is 489 g/mol. The highest BCUT2D eigenvalue weighted by atomic mass is 16.5. The molecule has 2 saturated heterocycles. The van der Waals surface area contributed by atoms with Crippen LogP contribution in [0.15, 0.2) is 36.7 Å². The lowest BCUT2D eigenvalue weighted by Crippen LogP contribution is -2.57. The summed E-state index contributed by atoms with van der Waals surface area (Å²) in [5, 5.41) is 2.36. The molecule has 0 spiro atoms. The standard InChI is InChI=1S/C28H32N4O4/c1-17-13-29-11-10-21(17)19-14-31(15-19)23-4-2-3-5-25(23)36-20-6-7-22-18(12-20)16-32(28(22)35)24-8-9-26(33)30-27(24)34/h6-7,10-13,19,23-25H,2-5,8-9,14-16H2,1H3,(H,30,33,34)/t23-,24?,25+/m0/s1. The second-order valence-corrected chi connectivity index (χ2v) is 10.6. The molecule has 1 aromatic heterocycles. The van der Waals surface area contributed by atoms with Gasteiger partial charge in [-0.3, -0.25) is 29.6 Å². The number of hydrogen-bond donors (Lipinski definition) is 1. The quantitative estimate of drug-likeness (QED) is 0.651. The molecule has 4 heterocycles. The number of aromatic nitrogens is 1. The SMILES string of the molecule is Cc1cnccc1C1CN([C@H]2CCCC[C@H]2Oc2ccc3c(c2)CN(C2CCC(=O)NC2=O)C3=O)C1. The minimum atomic E-state index is -0.599. The van der Waals surface area contributed by atoms with Crippen LogP contribution in [-0.4, -0.2) is 63.8 Å². The molecule has 0 radical (unpaired) electrons. The summed E-state index contributed by atoms with van der Waals surface area (Å²) in [7, 11) is 0. The molecule has 4 aliphatic rings. The first kappa shape index (κ1) is 23.2. The minimum absolute atomic E-state index is 0.125. The van der Waals surface area contributed by atoms with Crippen LogP contribution < -0.4 is 10.1 Å². The van der Waals surface area contributed by atoms with Crippen LogP contribution in [0.25, 0.3) is 0 Å². The first-order valence-electron chi connectivity index (χ1n) is 13.1. The Bertz CT molecular complexity index is 1210. The number of ether oxygens (including phenoxy) is 1. The Morgan fingerprint density at radius 3 is 2.69 bits per heavy atom. The van der Waals surface area contributed by atoms with Gasteiger partial charge in [-0.15, -0.1) is 0 Å². The summed E-state index contributed by atoms with van der Waals surface area (Å²) in [6, 6.07) is 7.61. The fourth-order valence-electron chi connectivity index (χ4n) is 6.35. The van der Waals surface area contributed by atoms with Gasteiger partial charge in [-0.05, 0) is 73.6 Å². The van der Waals surface area contributed by atoms with Crippen LogP contribution >= 0.6 is 0 Å². The summed E-state index contributed by atoms with van der Waals surface area (Å²) in [5.41, 5.74) is 4.16. The third kappa shape index (κ3) is 4.17. The van der Waals surface area contributed by atoms with Gasteiger partial charge in [0, 0.05) is 56.0 Å². The highest BCUT2D eigenvalue weighted by Gasteiger charge is 2.41. The second-order valence-electron chi connectivity index (χ2n) is 10.6. The lowest BCUT2D eigenvalue weighted by Gasteiger charge is -2.48. The van der Waals surface area contributed by atoms with Crippen LogP contribution in [-0.2, 0) is 16.1 Å². The Morgan fingerprint density at radius 1 is 1.06 bits per heavy atom. The van der Waals surface area contributed by atoms with Crippen LogP contribution in [0, 0.1) is 6.92 Å². The molecule has 1 unspecified atom stereocenters. The maximum atomic E-state index is 13.0. The fraction of sp³-hybridized carbons (Fsp3) is 0.500. The Kier molecular flexibility index (Phi) is 5.99. The van der Waals surface area contributed by atoms with Gasteiger partial charge in [0.2, 0.25) is 11.8 Å². The Hall–Kier alpha value is -3.26. The van der Waals surface area contributed by atoms with Crippen LogP contribution in [0.1, 0.15) is 71.5 Å². The number of benzene rings is 1. The number of hydrogen-bond acceptors (Lipinski definition) is 6. The summed E-state index contributed by atoms with van der Waals surface area (Å²) < 4.78 is 6.56. The lowest BCUT2D eigenvalue weighted by molar-refractivity contribution is -0.136. The van der Waals surface area contributed by atoms with Crippen molar-refractivity contribution < 1.29 is 19.1 Å². The van der Waals surface area contributed by atoms with Crippen LogP contribution in [0.5, 0.6) is 5.75 Å². The maximum absolute atomic E-state index is 13.0. The average Bonchev–Trinajstić information content (AvgIpc) is 3.16. The number of likely N-dealkylation sites (tertiary alicyclic amines) is 1. The molecule has 3 atom stereocenters. The zero-order chi connectivity index (χ0) is 24.8. The normalized spacial score (nSPS) is 27.0. The van der Waals surface area contributed by atoms with E-state index in [9.17, 15) is 14.4 Å². The molecule has 8 heteroatoms. The number of fused-ring (bicyclic) bond motifs is 1. The van der Waals surface area contributed by atoms with Gasteiger partial charge in [0.25, 0.3) is 5.91 Å². The molecule has 36 heavy (non-hydrogen) atoms. The van der Waals surface area contributed by atoms with Crippen molar-refractivity contribution in [1.82, 2.24) is 20.1 Å². The van der Waals surface area contributed by atoms with E-state index in [0.29, 0.717) is 30.5 Å². The number of pyridine rings is 1. The van der Waals surface area contributed by atoms with E-state index in [0.717, 1.165) is 43.7 Å². The summed E-state index contributed by atoms with van der Waals surface area (Å²) in [5.74, 6) is 0.524. The van der Waals surface area contributed by atoms with Gasteiger partial charge >= 0.3 is 0 Å². The number of nitrogens with one attached hydrogen (secondary N) is 1. The van der Waals surface area contributed by atoms with Crippen molar-refractivity contribution in [2.45, 2.75) is 76.1 Å². The van der Waals surface area contributed by atoms with Crippen molar-refractivity contribution in [2.75, 3.05) is 13.1 Å². The van der Waals surface area contributed by atoms with Crippen molar-refractivity contribution in [1.29, 1.82) is 0 Å². The smallest absolute Gasteiger partial charge is 0.255 e. The van der Waals surface area contributed by atoms with E-state index in [1.807, 2.05) is 30.6 Å². The number of imide groups is 1. The van der Waals surface area contributed by atoms with Crippen molar-refractivity contribution in [2.24, 2.45) is 0 Å². The van der Waals surface area contributed by atoms with E-state index >= 15 is 0 Å². The number of rotatable bonds is 5. The van der Waals surface area contributed by atoms with Gasteiger partial charge in [-0.2, -0.15) is 0 Å². The van der Waals surface area contributed by atoms with Crippen molar-refractivity contribution in [3.63, 3.8) is 0 Å². The summed E-state index contributed by atoms with van der Waals surface area (Å²) in [4.78, 5) is 45.2. The van der Waals surface area contributed by atoms with Crippen molar-refractivity contribution in [3.8, 4) is 5.75 Å². The molecule has 6 rings (SSSR count). The molecule has 1 aromatic carbocycles. The van der Waals surface area contributed by atoms with E-state index in [1.54, 1.807) is 4.90 Å². The van der Waals surface area contributed by atoms with Crippen LogP contribution in [0.2, 0.25) is 0 Å². The van der Waals surface area contributed by atoms with Gasteiger partial charge < -0.3 is 9.64 Å². The minimum Gasteiger partial charge on any atom is -0.489 e. The predicted octanol–water partition coefficient (Wildman–Crippen LogP) is 2.94. The number of carbonyl (C=O) groups is 3. The monoisotopic (exact) mass is 488 g/mol. The van der Waals surface area contributed by atoms with Crippen LogP contribution in [0.3, 0.4) is 0 Å². The lowest BCUT2D eigenvalue weighted by atomic mass is 9.83. The number of aryl methyl sites for hydroxylation is 1. The molecule has 188 valence electrons. The zero-order valence-electron chi connectivity index (χ0n) is 20.6. The molecule has 3 aliphatic heterocycles. The van der Waals surface area contributed by atoms with E-state index in [2.05, 4.69) is 28.2 Å². The zero-order valence-corrected chi connectivity index (χ0v) is 20.6. The van der Waals surface area contributed by atoms with E-state index < -0.39 is 6.04 Å². The molecule has 8 nitrogen and oxygen atoms in total. The largest absolute Gasteiger partial charge is 0.489 e. The molecule has 1 saturated carbocycles. The van der Waals surface area contributed by atoms with Gasteiger partial charge in [0.15, 0.2) is 0 Å². The van der Waals surface area contributed by atoms with Crippen molar-refractivity contribution >= 4 is 17.7 Å². The third-order valence-corrected chi connectivity index (χ3v) is 8.33. The summed E-state index contributed by atoms with van der Waals surface area (Å²) in [6.07, 6.45) is 9.13. The Labute approximate surface area is 211 Å². The highest BCUT2D eigenvalue weighted by Crippen LogP contribution is 2.37. The molecule has 1 aliphatic carbocycles. The van der Waals surface area contributed by atoms with Gasteiger partial charge in [0.1, 0.15) is 17.9 Å². The third-order valence-electron chi connectivity index (χ3n) is 8.33. The predicted molar refractivity (Wildman–Crippen MR) is 132 cm³/mol. The second kappa shape index (κ2) is 9.32. The first-order chi connectivity index (χ1) is 17.5. The maximum Gasteiger partial charge on any atom is 0.255 e. The van der Waals surface area contributed by atoms with E-state index in [-0.39, 0.29) is 30.2 Å². The molecule has 0 bridgehead atoms.